The Morgan fingerprint density at radius 3 is 2.54 bits per heavy atom. The van der Waals surface area contributed by atoms with E-state index in [4.69, 9.17) is 28.4 Å². The highest BCUT2D eigenvalue weighted by Gasteiger charge is 2.63. The number of phenols is 2. The van der Waals surface area contributed by atoms with Gasteiger partial charge >= 0.3 is 11.9 Å². The zero-order valence-electron chi connectivity index (χ0n) is 31.8. The van der Waals surface area contributed by atoms with Crippen molar-refractivity contribution >= 4 is 22.7 Å². The molecule has 0 aromatic heterocycles. The number of aryl methyl sites for hydroxylation is 1. The Kier molecular flexibility index (Phi) is 8.48. The molecule has 2 saturated heterocycles. The lowest BCUT2D eigenvalue weighted by Gasteiger charge is -2.61. The van der Waals surface area contributed by atoms with Gasteiger partial charge in [0.25, 0.3) is 0 Å². The van der Waals surface area contributed by atoms with Crippen LogP contribution in [-0.2, 0) is 43.5 Å². The molecule has 294 valence electrons. The molecular formula is C40H42N4O11S. The average Bonchev–Trinajstić information content (AvgIpc) is 3.65. The Morgan fingerprint density at radius 1 is 1.05 bits per heavy atom. The van der Waals surface area contributed by atoms with E-state index < -0.39 is 57.7 Å². The van der Waals surface area contributed by atoms with Crippen LogP contribution in [0.3, 0.4) is 0 Å². The Balaban J connectivity index is 1.36. The number of nitrogens with one attached hydrogen (secondary N) is 1. The zero-order valence-corrected chi connectivity index (χ0v) is 32.6. The van der Waals surface area contributed by atoms with Crippen molar-refractivity contribution in [2.45, 2.75) is 74.6 Å². The van der Waals surface area contributed by atoms with Crippen molar-refractivity contribution in [3.8, 4) is 46.3 Å². The summed E-state index contributed by atoms with van der Waals surface area (Å²) in [6.45, 7) is 4.79. The Hall–Kier alpha value is -5.08. The van der Waals surface area contributed by atoms with Crippen molar-refractivity contribution < 1.29 is 52.4 Å². The fourth-order valence-electron chi connectivity index (χ4n) is 10.4. The summed E-state index contributed by atoms with van der Waals surface area (Å²) in [6.07, 6.45) is 0.882. The number of hydrogen-bond acceptors (Lipinski definition) is 15. The summed E-state index contributed by atoms with van der Waals surface area (Å²) in [5.41, 5.74) is 2.99. The summed E-state index contributed by atoms with van der Waals surface area (Å²) < 4.78 is 51.8. The summed E-state index contributed by atoms with van der Waals surface area (Å²) in [6, 6.07) is 4.10. The fraction of sp³-hybridized carbons (Fsp3) is 0.475. The highest BCUT2D eigenvalue weighted by Crippen LogP contribution is 2.63. The van der Waals surface area contributed by atoms with Gasteiger partial charge < -0.3 is 38.6 Å². The van der Waals surface area contributed by atoms with Gasteiger partial charge in [0.2, 0.25) is 6.79 Å². The monoisotopic (exact) mass is 786 g/mol. The number of methoxy groups -OCH3 is 2. The number of phenolic OH excluding ortho intramolecular Hbond substituents is 2. The fourth-order valence-corrected chi connectivity index (χ4v) is 12.5. The summed E-state index contributed by atoms with van der Waals surface area (Å²) in [7, 11) is 2.75. The predicted molar refractivity (Wildman–Crippen MR) is 199 cm³/mol. The number of likely N-dealkylation sites (N-methyl/N-ethyl adjacent to an activating group) is 1. The number of nitrogens with zero attached hydrogens (tertiary/aromatic N) is 3. The third-order valence-electron chi connectivity index (χ3n) is 12.6. The van der Waals surface area contributed by atoms with Crippen molar-refractivity contribution in [2.75, 3.05) is 47.0 Å². The molecule has 2 unspecified atom stereocenters. The van der Waals surface area contributed by atoms with Gasteiger partial charge in [0.15, 0.2) is 40.0 Å². The third-order valence-corrected chi connectivity index (χ3v) is 14.4. The smallest absolute Gasteiger partial charge is 0.332 e. The number of benzene rings is 3. The summed E-state index contributed by atoms with van der Waals surface area (Å²) in [5.74, 6) is -0.469. The highest BCUT2D eigenvalue weighted by atomic mass is 32.2. The molecule has 0 saturated carbocycles. The summed E-state index contributed by atoms with van der Waals surface area (Å²) in [5, 5.41) is 36.2. The molecule has 15 nitrogen and oxygen atoms in total. The lowest BCUT2D eigenvalue weighted by molar-refractivity contribution is -0.157. The van der Waals surface area contributed by atoms with Crippen LogP contribution in [0.2, 0.25) is 0 Å². The van der Waals surface area contributed by atoms with E-state index >= 15 is 4.21 Å². The standard InChI is InChI=1S/C40H42N4O11S/c1-17-9-21-10-23-24(13-41)44-25-14-52-39(48)40(22-12-27(50-5)26(46)11-20(22)7-8-42-40)15-56(49)38(32(44)31(43(23)4)28(21)33(47)34(17)51-6)30-29(25)37-36(53-16-54-37)18(2)35(30)55-19(3)45/h9,11-12,23-25,31-32,38,42,46-47H,7-8,10,14-16H2,1-6H3/t23-,24-,25+,31+,32?,38+,40+,56?/m0/s1. The van der Waals surface area contributed by atoms with E-state index in [2.05, 4.69) is 16.3 Å². The van der Waals surface area contributed by atoms with E-state index in [-0.39, 0.29) is 48.2 Å². The highest BCUT2D eigenvalue weighted by molar-refractivity contribution is 7.85. The third kappa shape index (κ3) is 4.87. The molecule has 7 aliphatic rings. The molecule has 2 fully saturated rings. The molecule has 0 amide bonds. The van der Waals surface area contributed by atoms with Crippen LogP contribution < -0.4 is 29.0 Å². The largest absolute Gasteiger partial charge is 0.504 e. The van der Waals surface area contributed by atoms with E-state index in [0.717, 1.165) is 11.1 Å². The van der Waals surface area contributed by atoms with Crippen LogP contribution in [0.15, 0.2) is 18.2 Å². The number of aromatic hydroxyl groups is 2. The van der Waals surface area contributed by atoms with Crippen molar-refractivity contribution in [2.24, 2.45) is 0 Å². The Labute approximate surface area is 325 Å². The van der Waals surface area contributed by atoms with Gasteiger partial charge in [-0.05, 0) is 68.1 Å². The summed E-state index contributed by atoms with van der Waals surface area (Å²) in [4.78, 5) is 31.8. The number of hydrogen-bond donors (Lipinski definition) is 3. The van der Waals surface area contributed by atoms with Gasteiger partial charge in [-0.2, -0.15) is 5.26 Å². The lowest BCUT2D eigenvalue weighted by atomic mass is 9.71. The number of rotatable bonds is 3. The van der Waals surface area contributed by atoms with Crippen LogP contribution >= 0.6 is 0 Å². The van der Waals surface area contributed by atoms with Crippen LogP contribution in [0.5, 0.6) is 40.2 Å². The first-order chi connectivity index (χ1) is 26.9. The van der Waals surface area contributed by atoms with Crippen LogP contribution in [0.4, 0.5) is 0 Å². The molecule has 16 heteroatoms. The molecular weight excluding hydrogens is 745 g/mol. The lowest BCUT2D eigenvalue weighted by Crippen LogP contribution is -2.70. The Morgan fingerprint density at radius 2 is 1.82 bits per heavy atom. The van der Waals surface area contributed by atoms with Crippen molar-refractivity contribution in [3.05, 3.63) is 62.7 Å². The van der Waals surface area contributed by atoms with E-state index in [1.165, 1.54) is 21.1 Å². The number of fused-ring (bicyclic) bond motifs is 9. The number of esters is 2. The number of nitriles is 1. The molecule has 3 aromatic carbocycles. The number of piperazine rings is 1. The van der Waals surface area contributed by atoms with Gasteiger partial charge in [-0.25, -0.2) is 4.79 Å². The van der Waals surface area contributed by atoms with Crippen molar-refractivity contribution in [1.29, 1.82) is 5.26 Å². The first-order valence-electron chi connectivity index (χ1n) is 18.5. The molecule has 56 heavy (non-hydrogen) atoms. The van der Waals surface area contributed by atoms with E-state index in [0.29, 0.717) is 70.0 Å². The van der Waals surface area contributed by atoms with E-state index in [1.807, 2.05) is 24.9 Å². The SMILES string of the molecule is COc1cc2c(cc1O)CCN[C@]21CS(=O)[C@@H]2c3c(OC(C)=O)c(C)c4c(c3[C@@H](COC1=O)N1C2[C@H]2c3c(cc(C)c(OC)c3O)C[C@@H]([C@@H]1C#N)N2C)OCO4. The predicted octanol–water partition coefficient (Wildman–Crippen LogP) is 3.00. The van der Waals surface area contributed by atoms with Crippen LogP contribution in [-0.4, -0.2) is 101 Å². The minimum Gasteiger partial charge on any atom is -0.504 e. The van der Waals surface area contributed by atoms with Gasteiger partial charge in [0.05, 0.1) is 49.4 Å². The van der Waals surface area contributed by atoms with Gasteiger partial charge in [-0.1, -0.05) is 6.07 Å². The van der Waals surface area contributed by atoms with Gasteiger partial charge in [0, 0.05) is 52.6 Å². The van der Waals surface area contributed by atoms with Crippen molar-refractivity contribution in [3.63, 3.8) is 0 Å². The maximum Gasteiger partial charge on any atom is 0.332 e. The molecule has 7 heterocycles. The maximum absolute atomic E-state index is 16.0. The number of ether oxygens (including phenoxy) is 6. The van der Waals surface area contributed by atoms with Gasteiger partial charge in [0.1, 0.15) is 18.4 Å². The topological polar surface area (TPSA) is 189 Å². The molecule has 10 rings (SSSR count). The number of carbonyl (C=O) groups excluding carboxylic acids is 2. The van der Waals surface area contributed by atoms with Crippen LogP contribution in [0, 0.1) is 25.2 Å². The Bertz CT molecular complexity index is 2310. The second kappa shape index (κ2) is 13.0. The van der Waals surface area contributed by atoms with Crippen LogP contribution in [0.1, 0.15) is 68.8 Å². The van der Waals surface area contributed by atoms with Gasteiger partial charge in [-0.3, -0.25) is 24.1 Å². The first kappa shape index (κ1) is 36.6. The molecule has 0 aliphatic carbocycles. The van der Waals surface area contributed by atoms with Crippen LogP contribution in [0.25, 0.3) is 0 Å². The van der Waals surface area contributed by atoms with Crippen molar-refractivity contribution in [1.82, 2.24) is 15.1 Å². The van der Waals surface area contributed by atoms with E-state index in [1.54, 1.807) is 19.1 Å². The minimum atomic E-state index is -2.06. The molecule has 8 atom stereocenters. The molecule has 1 spiro atoms. The molecule has 0 radical (unpaired) electrons. The first-order valence-corrected chi connectivity index (χ1v) is 19.9. The normalized spacial score (nSPS) is 29.9. The molecule has 3 N–H and O–H groups in total. The maximum atomic E-state index is 16.0. The molecule has 3 aromatic rings. The second-order valence-electron chi connectivity index (χ2n) is 15.3. The van der Waals surface area contributed by atoms with E-state index in [9.17, 15) is 25.1 Å². The van der Waals surface area contributed by atoms with Gasteiger partial charge in [-0.15, -0.1) is 0 Å². The summed E-state index contributed by atoms with van der Waals surface area (Å²) >= 11 is 0. The molecule has 7 aliphatic heterocycles. The number of carbonyl (C=O) groups is 2. The molecule has 4 bridgehead atoms. The average molecular weight is 787 g/mol. The second-order valence-corrected chi connectivity index (χ2v) is 16.9. The quantitative estimate of drug-likeness (QED) is 0.259. The zero-order chi connectivity index (χ0) is 39.5. The minimum absolute atomic E-state index is 0.0492.